The van der Waals surface area contributed by atoms with E-state index in [1.54, 1.807) is 0 Å². The van der Waals surface area contributed by atoms with Crippen molar-refractivity contribution in [3.05, 3.63) is 41.7 Å². The second-order valence-corrected chi connectivity index (χ2v) is 6.30. The number of carbonyl (C=O) groups is 1. The maximum absolute atomic E-state index is 11.9. The lowest BCUT2D eigenvalue weighted by Gasteiger charge is -2.21. The van der Waals surface area contributed by atoms with E-state index in [-0.39, 0.29) is 5.78 Å². The number of hydrogen-bond acceptors (Lipinski definition) is 3. The highest BCUT2D eigenvalue weighted by molar-refractivity contribution is 6.01. The summed E-state index contributed by atoms with van der Waals surface area (Å²) in [6.07, 6.45) is 7.77. The van der Waals surface area contributed by atoms with Gasteiger partial charge in [0.2, 0.25) is 0 Å². The zero-order chi connectivity index (χ0) is 14.9. The van der Waals surface area contributed by atoms with Crippen molar-refractivity contribution in [3.63, 3.8) is 0 Å². The summed E-state index contributed by atoms with van der Waals surface area (Å²) in [5.41, 5.74) is 4.26. The van der Waals surface area contributed by atoms with Crippen LogP contribution in [-0.2, 0) is 17.7 Å². The molecule has 0 N–H and O–H groups in total. The fourth-order valence-corrected chi connectivity index (χ4v) is 3.42. The smallest absolute Gasteiger partial charge is 0.163 e. The first kappa shape index (κ1) is 13.7. The maximum atomic E-state index is 11.9. The summed E-state index contributed by atoms with van der Waals surface area (Å²) < 4.78 is 7.43. The molecule has 2 aliphatic rings. The van der Waals surface area contributed by atoms with Crippen molar-refractivity contribution in [3.8, 4) is 11.1 Å². The number of nitrogens with zero attached hydrogens (tertiary/aromatic N) is 2. The molecular weight excluding hydrogens is 276 g/mol. The Morgan fingerprint density at radius 2 is 2.05 bits per heavy atom. The molecule has 4 heteroatoms. The molecule has 4 rings (SSSR count). The van der Waals surface area contributed by atoms with Gasteiger partial charge in [0, 0.05) is 43.5 Å². The van der Waals surface area contributed by atoms with Gasteiger partial charge in [0.05, 0.1) is 6.20 Å². The largest absolute Gasteiger partial charge is 0.381 e. The van der Waals surface area contributed by atoms with Crippen LogP contribution in [-0.4, -0.2) is 28.8 Å². The zero-order valence-electron chi connectivity index (χ0n) is 12.6. The molecule has 0 atom stereocenters. The van der Waals surface area contributed by atoms with Gasteiger partial charge in [-0.25, -0.2) is 0 Å². The zero-order valence-corrected chi connectivity index (χ0v) is 12.6. The molecule has 1 aromatic heterocycles. The molecule has 2 aromatic rings. The summed E-state index contributed by atoms with van der Waals surface area (Å²) in [6.45, 7) is 2.69. The molecule has 1 aliphatic heterocycles. The Labute approximate surface area is 130 Å². The van der Waals surface area contributed by atoms with Gasteiger partial charge in [-0.1, -0.05) is 12.1 Å². The molecule has 1 aromatic carbocycles. The van der Waals surface area contributed by atoms with E-state index in [9.17, 15) is 4.79 Å². The first-order valence-electron chi connectivity index (χ1n) is 8.06. The first-order valence-corrected chi connectivity index (χ1v) is 8.06. The van der Waals surface area contributed by atoms with E-state index >= 15 is 0 Å². The average Bonchev–Trinajstić information content (AvgIpc) is 3.16. The number of aryl methyl sites for hydroxylation is 1. The minimum atomic E-state index is 0.270. The number of hydrogen-bond donors (Lipinski definition) is 0. The predicted octanol–water partition coefficient (Wildman–Crippen LogP) is 3.11. The Balaban J connectivity index is 1.54. The van der Waals surface area contributed by atoms with Crippen LogP contribution in [0.4, 0.5) is 0 Å². The Morgan fingerprint density at radius 3 is 2.91 bits per heavy atom. The average molecular weight is 296 g/mol. The molecule has 114 valence electrons. The summed E-state index contributed by atoms with van der Waals surface area (Å²) in [6, 6.07) is 6.22. The number of benzene rings is 1. The number of ether oxygens (including phenoxy) is 1. The van der Waals surface area contributed by atoms with E-state index < -0.39 is 0 Å². The second-order valence-electron chi connectivity index (χ2n) is 6.30. The number of Topliss-reactive ketones (excluding diaryl/α,β-unsaturated/α-hetero) is 1. The topological polar surface area (TPSA) is 44.1 Å². The third-order valence-corrected chi connectivity index (χ3v) is 4.78. The van der Waals surface area contributed by atoms with Crippen LogP contribution in [0, 0.1) is 5.92 Å². The fraction of sp³-hybridized carbons (Fsp3) is 0.444. The van der Waals surface area contributed by atoms with Gasteiger partial charge in [-0.2, -0.15) is 5.10 Å². The van der Waals surface area contributed by atoms with E-state index in [4.69, 9.17) is 4.74 Å². The summed E-state index contributed by atoms with van der Waals surface area (Å²) >= 11 is 0. The summed E-state index contributed by atoms with van der Waals surface area (Å²) in [5.74, 6) is 0.926. The maximum Gasteiger partial charge on any atom is 0.163 e. The Morgan fingerprint density at radius 1 is 1.18 bits per heavy atom. The Kier molecular flexibility index (Phi) is 3.54. The molecule has 2 heterocycles. The van der Waals surface area contributed by atoms with Gasteiger partial charge in [-0.15, -0.1) is 0 Å². The number of aromatic nitrogens is 2. The molecule has 22 heavy (non-hydrogen) atoms. The normalized spacial score (nSPS) is 18.6. The van der Waals surface area contributed by atoms with Crippen LogP contribution in [0.25, 0.3) is 11.1 Å². The molecular formula is C18H20N2O2. The van der Waals surface area contributed by atoms with Crippen molar-refractivity contribution in [1.82, 2.24) is 9.78 Å². The number of carbonyl (C=O) groups excluding carboxylic acids is 1. The lowest BCUT2D eigenvalue weighted by molar-refractivity contribution is 0.0601. The standard InChI is InChI=1S/C18H20N2O2/c21-18-4-3-14-1-2-15(9-17(14)18)16-10-19-20(12-16)11-13-5-7-22-8-6-13/h1-2,9-10,12-13H,3-8,11H2. The van der Waals surface area contributed by atoms with E-state index in [1.165, 1.54) is 5.56 Å². The van der Waals surface area contributed by atoms with Gasteiger partial charge in [0.25, 0.3) is 0 Å². The summed E-state index contributed by atoms with van der Waals surface area (Å²) in [5, 5.41) is 4.49. The van der Waals surface area contributed by atoms with Crippen molar-refractivity contribution in [2.24, 2.45) is 5.92 Å². The van der Waals surface area contributed by atoms with Crippen molar-refractivity contribution in [2.45, 2.75) is 32.2 Å². The molecule has 1 aliphatic carbocycles. The minimum absolute atomic E-state index is 0.270. The summed E-state index contributed by atoms with van der Waals surface area (Å²) in [7, 11) is 0. The number of rotatable bonds is 3. The summed E-state index contributed by atoms with van der Waals surface area (Å²) in [4.78, 5) is 11.9. The van der Waals surface area contributed by atoms with Gasteiger partial charge in [-0.3, -0.25) is 9.48 Å². The molecule has 0 amide bonds. The third-order valence-electron chi connectivity index (χ3n) is 4.78. The van der Waals surface area contributed by atoms with Crippen LogP contribution in [0.2, 0.25) is 0 Å². The van der Waals surface area contributed by atoms with Crippen molar-refractivity contribution < 1.29 is 9.53 Å². The van der Waals surface area contributed by atoms with Crippen LogP contribution in [0.5, 0.6) is 0 Å². The highest BCUT2D eigenvalue weighted by Gasteiger charge is 2.20. The lowest BCUT2D eigenvalue weighted by atomic mass is 10.0. The van der Waals surface area contributed by atoms with Gasteiger partial charge in [0.1, 0.15) is 0 Å². The SMILES string of the molecule is O=C1CCc2ccc(-c3cnn(CC4CCOCC4)c3)cc21. The quantitative estimate of drug-likeness (QED) is 0.874. The number of ketones is 1. The highest BCUT2D eigenvalue weighted by atomic mass is 16.5. The van der Waals surface area contributed by atoms with Crippen LogP contribution in [0.15, 0.2) is 30.6 Å². The molecule has 0 saturated carbocycles. The fourth-order valence-electron chi connectivity index (χ4n) is 3.42. The van der Waals surface area contributed by atoms with E-state index in [0.717, 1.165) is 55.7 Å². The van der Waals surface area contributed by atoms with Gasteiger partial charge < -0.3 is 4.74 Å². The molecule has 1 saturated heterocycles. The molecule has 4 nitrogen and oxygen atoms in total. The van der Waals surface area contributed by atoms with Gasteiger partial charge in [0.15, 0.2) is 5.78 Å². The molecule has 1 fully saturated rings. The Hall–Kier alpha value is -1.94. The molecule has 0 unspecified atom stereocenters. The molecule has 0 spiro atoms. The van der Waals surface area contributed by atoms with Crippen molar-refractivity contribution >= 4 is 5.78 Å². The third kappa shape index (κ3) is 2.59. The van der Waals surface area contributed by atoms with E-state index in [0.29, 0.717) is 12.3 Å². The Bertz CT molecular complexity index is 699. The predicted molar refractivity (Wildman–Crippen MR) is 83.9 cm³/mol. The lowest BCUT2D eigenvalue weighted by Crippen LogP contribution is -2.20. The van der Waals surface area contributed by atoms with Crippen molar-refractivity contribution in [1.29, 1.82) is 0 Å². The first-order chi connectivity index (χ1) is 10.8. The molecule has 0 bridgehead atoms. The van der Waals surface area contributed by atoms with Crippen LogP contribution in [0.3, 0.4) is 0 Å². The van der Waals surface area contributed by atoms with Gasteiger partial charge in [-0.05, 0) is 42.4 Å². The van der Waals surface area contributed by atoms with Crippen LogP contribution < -0.4 is 0 Å². The van der Waals surface area contributed by atoms with Gasteiger partial charge >= 0.3 is 0 Å². The van der Waals surface area contributed by atoms with E-state index in [1.807, 2.05) is 16.9 Å². The van der Waals surface area contributed by atoms with E-state index in [2.05, 4.69) is 23.4 Å². The van der Waals surface area contributed by atoms with Crippen LogP contribution >= 0.6 is 0 Å². The van der Waals surface area contributed by atoms with Crippen molar-refractivity contribution in [2.75, 3.05) is 13.2 Å². The minimum Gasteiger partial charge on any atom is -0.381 e. The number of fused-ring (bicyclic) bond motifs is 1. The highest BCUT2D eigenvalue weighted by Crippen LogP contribution is 2.28. The monoisotopic (exact) mass is 296 g/mol. The molecule has 0 radical (unpaired) electrons. The van der Waals surface area contributed by atoms with Crippen LogP contribution in [0.1, 0.15) is 35.2 Å². The second kappa shape index (κ2) is 5.69.